The molecule has 0 unspecified atom stereocenters. The van der Waals surface area contributed by atoms with Gasteiger partial charge in [-0.15, -0.1) is 10.2 Å². The number of hydrogen-bond donors (Lipinski definition) is 1. The Labute approximate surface area is 103 Å². The van der Waals surface area contributed by atoms with Crippen molar-refractivity contribution in [1.29, 1.82) is 0 Å². The number of hydrogen-bond acceptors (Lipinski definition) is 4. The van der Waals surface area contributed by atoms with Crippen molar-refractivity contribution in [3.8, 4) is 5.13 Å². The van der Waals surface area contributed by atoms with E-state index in [2.05, 4.69) is 10.2 Å². The van der Waals surface area contributed by atoms with Crippen molar-refractivity contribution in [1.82, 2.24) is 14.8 Å². The first-order chi connectivity index (χ1) is 8.29. The molecule has 0 saturated heterocycles. The molecule has 0 radical (unpaired) electrons. The molecule has 2 aromatic heterocycles. The summed E-state index contributed by atoms with van der Waals surface area (Å²) >= 11 is 1.07. The number of aryl methyl sites for hydroxylation is 1. The quantitative estimate of drug-likeness (QED) is 0.915. The Balaban J connectivity index is 2.56. The van der Waals surface area contributed by atoms with Crippen LogP contribution in [0.5, 0.6) is 0 Å². The number of carboxylic acids is 1. The fraction of sp³-hybridized carbons (Fsp3) is 0.222. The van der Waals surface area contributed by atoms with Crippen LogP contribution < -0.4 is 0 Å². The number of aromatic carboxylic acids is 1. The largest absolute Gasteiger partial charge is 0.478 e. The Kier molecular flexibility index (Phi) is 2.85. The molecule has 0 fully saturated rings. The number of rotatable bonds is 2. The van der Waals surface area contributed by atoms with Crippen molar-refractivity contribution in [2.45, 2.75) is 13.1 Å². The molecule has 1 N–H and O–H groups in total. The molecule has 2 rings (SSSR count). The molecule has 0 amide bonds. The minimum atomic E-state index is -4.72. The molecule has 0 bridgehead atoms. The van der Waals surface area contributed by atoms with Gasteiger partial charge >= 0.3 is 12.1 Å². The number of aromatic nitrogens is 3. The molecule has 0 aliphatic heterocycles. The Morgan fingerprint density at radius 3 is 2.44 bits per heavy atom. The van der Waals surface area contributed by atoms with E-state index in [9.17, 15) is 18.0 Å². The van der Waals surface area contributed by atoms with Gasteiger partial charge in [0.1, 0.15) is 5.01 Å². The Morgan fingerprint density at radius 1 is 1.39 bits per heavy atom. The lowest BCUT2D eigenvalue weighted by Gasteiger charge is -2.03. The van der Waals surface area contributed by atoms with E-state index in [1.54, 1.807) is 6.92 Å². The zero-order valence-electron chi connectivity index (χ0n) is 8.89. The highest BCUT2D eigenvalue weighted by molar-refractivity contribution is 7.13. The topological polar surface area (TPSA) is 68.0 Å². The van der Waals surface area contributed by atoms with E-state index in [1.807, 2.05) is 0 Å². The number of carboxylic acid groups (broad SMARTS) is 1. The summed E-state index contributed by atoms with van der Waals surface area (Å²) in [6.07, 6.45) is -3.15. The summed E-state index contributed by atoms with van der Waals surface area (Å²) in [7, 11) is 0. The Hall–Kier alpha value is -1.90. The zero-order chi connectivity index (χ0) is 13.5. The van der Waals surface area contributed by atoms with Crippen LogP contribution in [0.1, 0.15) is 20.9 Å². The molecule has 0 aliphatic carbocycles. The molecule has 0 saturated carbocycles. The molecule has 96 valence electrons. The summed E-state index contributed by atoms with van der Waals surface area (Å²) in [5.41, 5.74) is -2.02. The Morgan fingerprint density at radius 2 is 2.06 bits per heavy atom. The number of nitrogens with zero attached hydrogens (tertiary/aromatic N) is 3. The molecule has 9 heteroatoms. The minimum Gasteiger partial charge on any atom is -0.478 e. The van der Waals surface area contributed by atoms with Gasteiger partial charge in [0.2, 0.25) is 5.13 Å². The lowest BCUT2D eigenvalue weighted by Crippen LogP contribution is -2.09. The van der Waals surface area contributed by atoms with Crippen LogP contribution in [0.2, 0.25) is 0 Å². The maximum absolute atomic E-state index is 12.6. The standard InChI is InChI=1S/C9H6F3N3O2S/c1-4-13-14-8(18-4)15-2-5(7(16)17)6(3-15)9(10,11)12/h2-3H,1H3,(H,16,17). The SMILES string of the molecule is Cc1nnc(-n2cc(C(=O)O)c(C(F)(F)F)c2)s1. The molecule has 0 spiro atoms. The highest BCUT2D eigenvalue weighted by Gasteiger charge is 2.37. The first kappa shape index (κ1) is 12.6. The van der Waals surface area contributed by atoms with Crippen molar-refractivity contribution < 1.29 is 23.1 Å². The summed E-state index contributed by atoms with van der Waals surface area (Å²) < 4.78 is 38.9. The number of alkyl halides is 3. The van der Waals surface area contributed by atoms with Gasteiger partial charge in [-0.1, -0.05) is 11.3 Å². The van der Waals surface area contributed by atoms with E-state index in [0.29, 0.717) is 11.2 Å². The van der Waals surface area contributed by atoms with Crippen LogP contribution in [0.25, 0.3) is 5.13 Å². The summed E-state index contributed by atoms with van der Waals surface area (Å²) in [6, 6.07) is 0. The van der Waals surface area contributed by atoms with Crippen molar-refractivity contribution in [2.24, 2.45) is 0 Å². The molecule has 2 aromatic rings. The second-order valence-corrected chi connectivity index (χ2v) is 4.56. The average molecular weight is 277 g/mol. The van der Waals surface area contributed by atoms with Gasteiger partial charge in [0, 0.05) is 12.4 Å². The lowest BCUT2D eigenvalue weighted by molar-refractivity contribution is -0.138. The zero-order valence-corrected chi connectivity index (χ0v) is 9.71. The number of carbonyl (C=O) groups is 1. The van der Waals surface area contributed by atoms with Crippen LogP contribution in [0.4, 0.5) is 13.2 Å². The maximum atomic E-state index is 12.6. The number of halogens is 3. The highest BCUT2D eigenvalue weighted by Crippen LogP contribution is 2.33. The smallest absolute Gasteiger partial charge is 0.418 e. The summed E-state index contributed by atoms with van der Waals surface area (Å²) in [6.45, 7) is 1.65. The maximum Gasteiger partial charge on any atom is 0.418 e. The lowest BCUT2D eigenvalue weighted by atomic mass is 10.2. The van der Waals surface area contributed by atoms with Crippen LogP contribution in [0.15, 0.2) is 12.4 Å². The van der Waals surface area contributed by atoms with Crippen molar-refractivity contribution in [2.75, 3.05) is 0 Å². The molecule has 2 heterocycles. The summed E-state index contributed by atoms with van der Waals surface area (Å²) in [5.74, 6) is -1.64. The van der Waals surface area contributed by atoms with Crippen LogP contribution in [-0.4, -0.2) is 25.8 Å². The van der Waals surface area contributed by atoms with Gasteiger partial charge in [-0.3, -0.25) is 4.57 Å². The molecule has 5 nitrogen and oxygen atoms in total. The van der Waals surface area contributed by atoms with Gasteiger partial charge in [0.05, 0.1) is 11.1 Å². The predicted octanol–water partition coefficient (Wildman–Crippen LogP) is 2.35. The van der Waals surface area contributed by atoms with Gasteiger partial charge in [0.15, 0.2) is 0 Å². The fourth-order valence-electron chi connectivity index (χ4n) is 1.35. The van der Waals surface area contributed by atoms with Crippen LogP contribution >= 0.6 is 11.3 Å². The third-order valence-corrected chi connectivity index (χ3v) is 2.95. The monoisotopic (exact) mass is 277 g/mol. The predicted molar refractivity (Wildman–Crippen MR) is 55.9 cm³/mol. The van der Waals surface area contributed by atoms with Gasteiger partial charge in [-0.2, -0.15) is 13.2 Å². The van der Waals surface area contributed by atoms with Gasteiger partial charge < -0.3 is 5.11 Å². The van der Waals surface area contributed by atoms with Crippen molar-refractivity contribution in [3.63, 3.8) is 0 Å². The fourth-order valence-corrected chi connectivity index (χ4v) is 1.99. The van der Waals surface area contributed by atoms with E-state index in [4.69, 9.17) is 5.11 Å². The van der Waals surface area contributed by atoms with Crippen molar-refractivity contribution in [3.05, 3.63) is 28.5 Å². The molecule has 0 atom stereocenters. The van der Waals surface area contributed by atoms with E-state index >= 15 is 0 Å². The van der Waals surface area contributed by atoms with Crippen molar-refractivity contribution >= 4 is 17.3 Å². The molecule has 0 aromatic carbocycles. The van der Waals surface area contributed by atoms with Crippen LogP contribution in [-0.2, 0) is 6.18 Å². The van der Waals surface area contributed by atoms with Gasteiger partial charge in [0.25, 0.3) is 0 Å². The first-order valence-electron chi connectivity index (χ1n) is 4.62. The molecule has 18 heavy (non-hydrogen) atoms. The summed E-state index contributed by atoms with van der Waals surface area (Å²) in [4.78, 5) is 10.8. The molecular weight excluding hydrogens is 271 g/mol. The second kappa shape index (κ2) is 4.09. The van der Waals surface area contributed by atoms with Crippen LogP contribution in [0.3, 0.4) is 0 Å². The molecule has 0 aliphatic rings. The van der Waals surface area contributed by atoms with E-state index in [0.717, 1.165) is 22.1 Å². The Bertz CT molecular complexity index is 602. The van der Waals surface area contributed by atoms with E-state index < -0.39 is 23.3 Å². The highest BCUT2D eigenvalue weighted by atomic mass is 32.1. The average Bonchev–Trinajstić information content (AvgIpc) is 2.81. The van der Waals surface area contributed by atoms with E-state index in [1.165, 1.54) is 0 Å². The third kappa shape index (κ3) is 2.21. The van der Waals surface area contributed by atoms with E-state index in [-0.39, 0.29) is 5.13 Å². The second-order valence-electron chi connectivity index (χ2n) is 3.40. The van der Waals surface area contributed by atoms with Crippen LogP contribution in [0, 0.1) is 6.92 Å². The molecular formula is C9H6F3N3O2S. The minimum absolute atomic E-state index is 0.186. The third-order valence-electron chi connectivity index (χ3n) is 2.10. The van der Waals surface area contributed by atoms with Gasteiger partial charge in [-0.05, 0) is 6.92 Å². The normalized spacial score (nSPS) is 11.8. The van der Waals surface area contributed by atoms with Gasteiger partial charge in [-0.25, -0.2) is 4.79 Å². The first-order valence-corrected chi connectivity index (χ1v) is 5.43. The summed E-state index contributed by atoms with van der Waals surface area (Å²) in [5, 5.41) is 16.8.